The lowest BCUT2D eigenvalue weighted by Crippen LogP contribution is -2.40. The molecular formula is C16H18ClN3O2. The van der Waals surface area contributed by atoms with E-state index >= 15 is 0 Å². The summed E-state index contributed by atoms with van der Waals surface area (Å²) >= 11 is 5.71. The number of urea groups is 1. The van der Waals surface area contributed by atoms with E-state index in [-0.39, 0.29) is 12.6 Å². The predicted molar refractivity (Wildman–Crippen MR) is 85.8 cm³/mol. The van der Waals surface area contributed by atoms with Crippen molar-refractivity contribution in [2.24, 2.45) is 0 Å². The summed E-state index contributed by atoms with van der Waals surface area (Å²) in [5.74, 6) is 0. The molecule has 0 radical (unpaired) electrons. The lowest BCUT2D eigenvalue weighted by Gasteiger charge is -2.17. The van der Waals surface area contributed by atoms with Crippen molar-refractivity contribution in [3.8, 4) is 0 Å². The molecule has 0 bridgehead atoms. The van der Waals surface area contributed by atoms with Crippen LogP contribution in [-0.2, 0) is 6.42 Å². The number of halogens is 1. The number of pyridine rings is 1. The Kier molecular flexibility index (Phi) is 6.18. The molecule has 116 valence electrons. The fraction of sp³-hybridized carbons (Fsp3) is 0.250. The van der Waals surface area contributed by atoms with Crippen LogP contribution in [0.1, 0.15) is 17.2 Å². The average molecular weight is 320 g/mol. The molecule has 0 saturated carbocycles. The van der Waals surface area contributed by atoms with Crippen molar-refractivity contribution in [1.82, 2.24) is 15.6 Å². The third-order valence-electron chi connectivity index (χ3n) is 3.18. The Bertz CT molecular complexity index is 590. The summed E-state index contributed by atoms with van der Waals surface area (Å²) in [6.07, 6.45) is 2.34. The summed E-state index contributed by atoms with van der Waals surface area (Å²) in [6.45, 7) is 0.320. The Morgan fingerprint density at radius 2 is 2.00 bits per heavy atom. The van der Waals surface area contributed by atoms with Crippen molar-refractivity contribution in [1.29, 1.82) is 0 Å². The highest BCUT2D eigenvalue weighted by Crippen LogP contribution is 2.11. The van der Waals surface area contributed by atoms with Crippen molar-refractivity contribution >= 4 is 17.6 Å². The van der Waals surface area contributed by atoms with E-state index in [1.54, 1.807) is 12.3 Å². The molecule has 6 heteroatoms. The largest absolute Gasteiger partial charge is 0.394 e. The molecule has 1 aromatic heterocycles. The monoisotopic (exact) mass is 319 g/mol. The molecule has 0 spiro atoms. The Labute approximate surface area is 134 Å². The zero-order valence-corrected chi connectivity index (χ0v) is 12.8. The highest BCUT2D eigenvalue weighted by Gasteiger charge is 2.12. The maximum atomic E-state index is 11.9. The Hall–Kier alpha value is -2.11. The number of aliphatic hydroxyl groups is 1. The number of hydrogen-bond donors (Lipinski definition) is 3. The van der Waals surface area contributed by atoms with Crippen LogP contribution in [0.25, 0.3) is 0 Å². The van der Waals surface area contributed by atoms with Gasteiger partial charge in [0.15, 0.2) is 0 Å². The number of carbonyl (C=O) groups excluding carboxylic acids is 1. The third kappa shape index (κ3) is 5.02. The molecule has 2 aromatic rings. The second-order valence-electron chi connectivity index (χ2n) is 4.79. The number of rotatable bonds is 6. The zero-order chi connectivity index (χ0) is 15.8. The quantitative estimate of drug-likeness (QED) is 0.715. The van der Waals surface area contributed by atoms with Gasteiger partial charge in [-0.05, 0) is 23.6 Å². The Morgan fingerprint density at radius 1 is 1.23 bits per heavy atom. The van der Waals surface area contributed by atoms with Gasteiger partial charge < -0.3 is 15.7 Å². The van der Waals surface area contributed by atoms with E-state index in [1.165, 1.54) is 0 Å². The van der Waals surface area contributed by atoms with Gasteiger partial charge in [0.2, 0.25) is 0 Å². The molecular weight excluding hydrogens is 302 g/mol. The second-order valence-corrected chi connectivity index (χ2v) is 5.17. The molecule has 0 saturated heterocycles. The summed E-state index contributed by atoms with van der Waals surface area (Å²) in [6, 6.07) is 12.2. The molecule has 22 heavy (non-hydrogen) atoms. The first-order valence-corrected chi connectivity index (χ1v) is 7.37. The van der Waals surface area contributed by atoms with Crippen LogP contribution in [0.4, 0.5) is 4.79 Å². The fourth-order valence-corrected chi connectivity index (χ4v) is 2.12. The second kappa shape index (κ2) is 8.36. The average Bonchev–Trinajstić information content (AvgIpc) is 2.55. The van der Waals surface area contributed by atoms with Gasteiger partial charge >= 0.3 is 6.03 Å². The third-order valence-corrected chi connectivity index (χ3v) is 3.40. The molecule has 5 nitrogen and oxygen atoms in total. The Balaban J connectivity index is 1.78. The van der Waals surface area contributed by atoms with Gasteiger partial charge in [-0.2, -0.15) is 0 Å². The SMILES string of the molecule is O=C(NCCc1ccc(Cl)nc1)NC(CO)c1ccccc1. The van der Waals surface area contributed by atoms with Crippen LogP contribution >= 0.6 is 11.6 Å². The molecule has 1 unspecified atom stereocenters. The molecule has 1 heterocycles. The number of aliphatic hydroxyl groups excluding tert-OH is 1. The van der Waals surface area contributed by atoms with E-state index < -0.39 is 6.04 Å². The number of nitrogens with zero attached hydrogens (tertiary/aromatic N) is 1. The number of aromatic nitrogens is 1. The number of nitrogens with one attached hydrogen (secondary N) is 2. The first-order chi connectivity index (χ1) is 10.7. The highest BCUT2D eigenvalue weighted by atomic mass is 35.5. The van der Waals surface area contributed by atoms with Crippen LogP contribution in [0.5, 0.6) is 0 Å². The van der Waals surface area contributed by atoms with E-state index in [0.29, 0.717) is 18.1 Å². The van der Waals surface area contributed by atoms with Gasteiger partial charge in [0.25, 0.3) is 0 Å². The number of amides is 2. The van der Waals surface area contributed by atoms with Gasteiger partial charge in [0, 0.05) is 12.7 Å². The minimum atomic E-state index is -0.418. The molecule has 2 amide bonds. The van der Waals surface area contributed by atoms with Crippen molar-refractivity contribution in [3.63, 3.8) is 0 Å². The van der Waals surface area contributed by atoms with Gasteiger partial charge in [-0.15, -0.1) is 0 Å². The van der Waals surface area contributed by atoms with E-state index in [2.05, 4.69) is 15.6 Å². The summed E-state index contributed by atoms with van der Waals surface area (Å²) in [4.78, 5) is 15.8. The minimum absolute atomic E-state index is 0.154. The maximum Gasteiger partial charge on any atom is 0.315 e. The smallest absolute Gasteiger partial charge is 0.315 e. The number of benzene rings is 1. The normalized spacial score (nSPS) is 11.7. The lowest BCUT2D eigenvalue weighted by atomic mass is 10.1. The van der Waals surface area contributed by atoms with E-state index in [0.717, 1.165) is 11.1 Å². The molecule has 0 aliphatic rings. The van der Waals surface area contributed by atoms with Gasteiger partial charge in [0.05, 0.1) is 12.6 Å². The molecule has 0 fully saturated rings. The van der Waals surface area contributed by atoms with Crippen molar-refractivity contribution in [2.45, 2.75) is 12.5 Å². The zero-order valence-electron chi connectivity index (χ0n) is 12.0. The fourth-order valence-electron chi connectivity index (χ4n) is 2.00. The summed E-state index contributed by atoms with van der Waals surface area (Å²) in [7, 11) is 0. The van der Waals surface area contributed by atoms with Crippen LogP contribution in [-0.4, -0.2) is 29.3 Å². The maximum absolute atomic E-state index is 11.9. The standard InChI is InChI=1S/C16H18ClN3O2/c17-15-7-6-12(10-19-15)8-9-18-16(22)20-14(11-21)13-4-2-1-3-5-13/h1-7,10,14,21H,8-9,11H2,(H2,18,20,22). The number of hydrogen-bond acceptors (Lipinski definition) is 3. The Morgan fingerprint density at radius 3 is 2.64 bits per heavy atom. The number of carbonyl (C=O) groups is 1. The van der Waals surface area contributed by atoms with Gasteiger partial charge in [-0.1, -0.05) is 48.0 Å². The van der Waals surface area contributed by atoms with E-state index in [1.807, 2.05) is 36.4 Å². The molecule has 1 atom stereocenters. The first kappa shape index (κ1) is 16.3. The lowest BCUT2D eigenvalue weighted by molar-refractivity contribution is 0.217. The summed E-state index contributed by atoms with van der Waals surface area (Å²) < 4.78 is 0. The first-order valence-electron chi connectivity index (χ1n) is 6.99. The van der Waals surface area contributed by atoms with Crippen LogP contribution < -0.4 is 10.6 Å². The summed E-state index contributed by atoms with van der Waals surface area (Å²) in [5.41, 5.74) is 1.86. The topological polar surface area (TPSA) is 74.2 Å². The van der Waals surface area contributed by atoms with E-state index in [4.69, 9.17) is 11.6 Å². The van der Waals surface area contributed by atoms with E-state index in [9.17, 15) is 9.90 Å². The van der Waals surface area contributed by atoms with Crippen molar-refractivity contribution in [2.75, 3.05) is 13.2 Å². The highest BCUT2D eigenvalue weighted by molar-refractivity contribution is 6.29. The minimum Gasteiger partial charge on any atom is -0.394 e. The van der Waals surface area contributed by atoms with Crippen LogP contribution in [0.3, 0.4) is 0 Å². The molecule has 1 aromatic carbocycles. The van der Waals surface area contributed by atoms with Gasteiger partial charge in [-0.25, -0.2) is 9.78 Å². The van der Waals surface area contributed by atoms with Crippen molar-refractivity contribution < 1.29 is 9.90 Å². The molecule has 0 aliphatic carbocycles. The summed E-state index contributed by atoms with van der Waals surface area (Å²) in [5, 5.41) is 15.3. The molecule has 0 aliphatic heterocycles. The van der Waals surface area contributed by atoms with Gasteiger partial charge in [-0.3, -0.25) is 0 Å². The molecule has 3 N–H and O–H groups in total. The van der Waals surface area contributed by atoms with Crippen LogP contribution in [0.15, 0.2) is 48.7 Å². The van der Waals surface area contributed by atoms with Crippen molar-refractivity contribution in [3.05, 3.63) is 64.9 Å². The van der Waals surface area contributed by atoms with Crippen LogP contribution in [0.2, 0.25) is 5.15 Å². The predicted octanol–water partition coefficient (Wildman–Crippen LogP) is 2.31. The molecule has 2 rings (SSSR count). The van der Waals surface area contributed by atoms with Gasteiger partial charge in [0.1, 0.15) is 5.15 Å². The van der Waals surface area contributed by atoms with Crippen LogP contribution in [0, 0.1) is 0 Å².